The van der Waals surface area contributed by atoms with Gasteiger partial charge in [0.1, 0.15) is 5.75 Å². The molecule has 0 saturated heterocycles. The summed E-state index contributed by atoms with van der Waals surface area (Å²) in [4.78, 5) is 22.8. The van der Waals surface area contributed by atoms with Crippen LogP contribution in [0.3, 0.4) is 0 Å². The van der Waals surface area contributed by atoms with E-state index >= 15 is 0 Å². The van der Waals surface area contributed by atoms with Crippen LogP contribution in [-0.4, -0.2) is 18.5 Å². The molecule has 0 aliphatic heterocycles. The summed E-state index contributed by atoms with van der Waals surface area (Å²) in [5.41, 5.74) is 1.04. The van der Waals surface area contributed by atoms with E-state index in [9.17, 15) is 9.59 Å². The fraction of sp³-hybridized carbons (Fsp3) is 0.467. The lowest BCUT2D eigenvalue weighted by Crippen LogP contribution is -2.10. The summed E-state index contributed by atoms with van der Waals surface area (Å²) in [6.45, 7) is 4.31. The molecule has 0 amide bonds. The first-order chi connectivity index (χ1) is 9.11. The van der Waals surface area contributed by atoms with Crippen LogP contribution in [0.1, 0.15) is 38.2 Å². The van der Waals surface area contributed by atoms with Crippen molar-refractivity contribution in [3.05, 3.63) is 29.8 Å². The van der Waals surface area contributed by atoms with E-state index < -0.39 is 0 Å². The molecular formula is C15H20O4. The highest BCUT2D eigenvalue weighted by molar-refractivity contribution is 5.74. The lowest BCUT2D eigenvalue weighted by atomic mass is 10.2. The maximum absolute atomic E-state index is 11.5. The van der Waals surface area contributed by atoms with Crippen LogP contribution in [0, 0.1) is 6.92 Å². The lowest BCUT2D eigenvalue weighted by molar-refractivity contribution is -0.144. The summed E-state index contributed by atoms with van der Waals surface area (Å²) in [5, 5.41) is 0. The van der Waals surface area contributed by atoms with Gasteiger partial charge in [-0.05, 0) is 37.5 Å². The molecule has 1 aromatic carbocycles. The van der Waals surface area contributed by atoms with Gasteiger partial charge in [0.15, 0.2) is 0 Å². The number of esters is 2. The number of aryl methyl sites for hydroxylation is 1. The highest BCUT2D eigenvalue weighted by Gasteiger charge is 2.08. The largest absolute Gasteiger partial charge is 0.466 e. The summed E-state index contributed by atoms with van der Waals surface area (Å²) in [7, 11) is 0. The topological polar surface area (TPSA) is 52.6 Å². The predicted octanol–water partition coefficient (Wildman–Crippen LogP) is 3.02. The maximum atomic E-state index is 11.5. The molecule has 0 aliphatic rings. The van der Waals surface area contributed by atoms with E-state index in [2.05, 4.69) is 0 Å². The molecule has 0 spiro atoms. The zero-order chi connectivity index (χ0) is 14.1. The average Bonchev–Trinajstić information content (AvgIpc) is 2.36. The number of hydrogen-bond acceptors (Lipinski definition) is 4. The Labute approximate surface area is 113 Å². The Balaban J connectivity index is 2.23. The Morgan fingerprint density at radius 1 is 1.16 bits per heavy atom. The minimum atomic E-state index is -0.325. The van der Waals surface area contributed by atoms with Gasteiger partial charge in [-0.25, -0.2) is 0 Å². The fourth-order valence-electron chi connectivity index (χ4n) is 1.53. The zero-order valence-corrected chi connectivity index (χ0v) is 11.5. The van der Waals surface area contributed by atoms with Gasteiger partial charge in [0.05, 0.1) is 6.61 Å². The Kier molecular flexibility index (Phi) is 6.64. The molecule has 0 aliphatic carbocycles. The van der Waals surface area contributed by atoms with E-state index in [1.54, 1.807) is 12.1 Å². The smallest absolute Gasteiger partial charge is 0.311 e. The normalized spacial score (nSPS) is 10.0. The number of rotatable bonds is 7. The first-order valence-electron chi connectivity index (χ1n) is 6.54. The van der Waals surface area contributed by atoms with Crippen LogP contribution in [-0.2, 0) is 14.3 Å². The van der Waals surface area contributed by atoms with Crippen molar-refractivity contribution in [2.24, 2.45) is 0 Å². The molecule has 4 nitrogen and oxygen atoms in total. The quantitative estimate of drug-likeness (QED) is 0.561. The molecule has 4 heteroatoms. The van der Waals surface area contributed by atoms with Crippen LogP contribution in [0.25, 0.3) is 0 Å². The monoisotopic (exact) mass is 264 g/mol. The van der Waals surface area contributed by atoms with Gasteiger partial charge in [-0.1, -0.05) is 19.1 Å². The molecule has 0 N–H and O–H groups in total. The standard InChI is InChI=1S/C15H20O4/c1-3-10-18-14(16)8-5-9-15(17)19-13-7-4-6-12(2)11-13/h4,6-7,11H,3,5,8-10H2,1-2H3. The second-order valence-electron chi connectivity index (χ2n) is 4.36. The molecule has 0 radical (unpaired) electrons. The van der Waals surface area contributed by atoms with Crippen molar-refractivity contribution < 1.29 is 19.1 Å². The van der Waals surface area contributed by atoms with Gasteiger partial charge >= 0.3 is 11.9 Å². The SMILES string of the molecule is CCCOC(=O)CCCC(=O)Oc1cccc(C)c1. The third-order valence-electron chi connectivity index (χ3n) is 2.45. The molecule has 0 saturated carbocycles. The van der Waals surface area contributed by atoms with Crippen molar-refractivity contribution in [2.75, 3.05) is 6.61 Å². The van der Waals surface area contributed by atoms with Crippen LogP contribution >= 0.6 is 0 Å². The van der Waals surface area contributed by atoms with E-state index in [1.165, 1.54) is 0 Å². The fourth-order valence-corrected chi connectivity index (χ4v) is 1.53. The second kappa shape index (κ2) is 8.29. The molecule has 0 aromatic heterocycles. The molecule has 19 heavy (non-hydrogen) atoms. The van der Waals surface area contributed by atoms with Crippen molar-refractivity contribution in [2.45, 2.75) is 39.5 Å². The minimum absolute atomic E-state index is 0.217. The van der Waals surface area contributed by atoms with E-state index in [0.29, 0.717) is 18.8 Å². The molecule has 0 heterocycles. The van der Waals surface area contributed by atoms with Crippen LogP contribution < -0.4 is 4.74 Å². The van der Waals surface area contributed by atoms with Crippen molar-refractivity contribution in [3.8, 4) is 5.75 Å². The molecule has 0 unspecified atom stereocenters. The summed E-state index contributed by atoms with van der Waals surface area (Å²) in [6.07, 6.45) is 1.73. The number of benzene rings is 1. The van der Waals surface area contributed by atoms with Gasteiger partial charge < -0.3 is 9.47 Å². The Hall–Kier alpha value is -1.84. The van der Waals surface area contributed by atoms with Gasteiger partial charge in [0.25, 0.3) is 0 Å². The van der Waals surface area contributed by atoms with Crippen LogP contribution in [0.15, 0.2) is 24.3 Å². The third-order valence-corrected chi connectivity index (χ3v) is 2.45. The van der Waals surface area contributed by atoms with Crippen LogP contribution in [0.2, 0.25) is 0 Å². The highest BCUT2D eigenvalue weighted by Crippen LogP contribution is 2.13. The number of hydrogen-bond donors (Lipinski definition) is 0. The summed E-state index contributed by atoms with van der Waals surface area (Å²) >= 11 is 0. The molecule has 0 atom stereocenters. The van der Waals surface area contributed by atoms with Crippen molar-refractivity contribution >= 4 is 11.9 Å². The van der Waals surface area contributed by atoms with Gasteiger partial charge in [0.2, 0.25) is 0 Å². The van der Waals surface area contributed by atoms with E-state index in [0.717, 1.165) is 12.0 Å². The molecule has 104 valence electrons. The maximum Gasteiger partial charge on any atom is 0.311 e. The molecule has 0 fully saturated rings. The first-order valence-corrected chi connectivity index (χ1v) is 6.54. The van der Waals surface area contributed by atoms with E-state index in [4.69, 9.17) is 9.47 Å². The second-order valence-corrected chi connectivity index (χ2v) is 4.36. The van der Waals surface area contributed by atoms with Crippen LogP contribution in [0.5, 0.6) is 5.75 Å². The zero-order valence-electron chi connectivity index (χ0n) is 11.5. The number of carbonyl (C=O) groups excluding carboxylic acids is 2. The summed E-state index contributed by atoms with van der Waals surface area (Å²) in [6, 6.07) is 7.30. The predicted molar refractivity (Wildman–Crippen MR) is 71.9 cm³/mol. The molecule has 1 aromatic rings. The Morgan fingerprint density at radius 2 is 1.89 bits per heavy atom. The number of ether oxygens (including phenoxy) is 2. The molecule has 1 rings (SSSR count). The summed E-state index contributed by atoms with van der Waals surface area (Å²) in [5.74, 6) is -0.0438. The Morgan fingerprint density at radius 3 is 2.58 bits per heavy atom. The van der Waals surface area contributed by atoms with Crippen molar-refractivity contribution in [3.63, 3.8) is 0 Å². The lowest BCUT2D eigenvalue weighted by Gasteiger charge is -2.05. The van der Waals surface area contributed by atoms with Gasteiger partial charge in [-0.3, -0.25) is 9.59 Å². The first kappa shape index (κ1) is 15.2. The van der Waals surface area contributed by atoms with Gasteiger partial charge in [0, 0.05) is 12.8 Å². The van der Waals surface area contributed by atoms with E-state index in [-0.39, 0.29) is 24.8 Å². The van der Waals surface area contributed by atoms with Crippen molar-refractivity contribution in [1.82, 2.24) is 0 Å². The van der Waals surface area contributed by atoms with E-state index in [1.807, 2.05) is 26.0 Å². The average molecular weight is 264 g/mol. The minimum Gasteiger partial charge on any atom is -0.466 e. The Bertz CT molecular complexity index is 426. The van der Waals surface area contributed by atoms with Gasteiger partial charge in [-0.2, -0.15) is 0 Å². The highest BCUT2D eigenvalue weighted by atomic mass is 16.5. The number of carbonyl (C=O) groups is 2. The summed E-state index contributed by atoms with van der Waals surface area (Å²) < 4.78 is 10.1. The molecule has 0 bridgehead atoms. The molecular weight excluding hydrogens is 244 g/mol. The van der Waals surface area contributed by atoms with Crippen LogP contribution in [0.4, 0.5) is 0 Å². The third kappa shape index (κ3) is 6.60. The van der Waals surface area contributed by atoms with Gasteiger partial charge in [-0.15, -0.1) is 0 Å². The van der Waals surface area contributed by atoms with Crippen molar-refractivity contribution in [1.29, 1.82) is 0 Å².